The summed E-state index contributed by atoms with van der Waals surface area (Å²) < 4.78 is 5.99. The number of hydrogen-bond acceptors (Lipinski definition) is 2. The molecule has 0 aromatic carbocycles. The van der Waals surface area contributed by atoms with Gasteiger partial charge in [0, 0.05) is 11.5 Å². The lowest BCUT2D eigenvalue weighted by molar-refractivity contribution is -0.121. The second kappa shape index (κ2) is 4.98. The predicted octanol–water partition coefficient (Wildman–Crippen LogP) is 4.19. The molecular formula is C20H20O2. The second-order valence-corrected chi connectivity index (χ2v) is 6.66. The highest BCUT2D eigenvalue weighted by molar-refractivity contribution is 6.03. The third-order valence-electron chi connectivity index (χ3n) is 5.04. The molecule has 0 aromatic rings. The van der Waals surface area contributed by atoms with Crippen LogP contribution in [0.5, 0.6) is 0 Å². The van der Waals surface area contributed by atoms with Crippen molar-refractivity contribution in [3.8, 4) is 0 Å². The average molecular weight is 292 g/mol. The van der Waals surface area contributed by atoms with Crippen LogP contribution in [0.2, 0.25) is 0 Å². The molecule has 2 heteroatoms. The lowest BCUT2D eigenvalue weighted by atomic mass is 9.74. The van der Waals surface area contributed by atoms with Crippen LogP contribution in [0.15, 0.2) is 71.6 Å². The third-order valence-corrected chi connectivity index (χ3v) is 5.04. The minimum absolute atomic E-state index is 0.0684. The van der Waals surface area contributed by atoms with E-state index in [-0.39, 0.29) is 17.8 Å². The van der Waals surface area contributed by atoms with Gasteiger partial charge in [0.25, 0.3) is 0 Å². The largest absolute Gasteiger partial charge is 0.485 e. The Morgan fingerprint density at radius 1 is 1.27 bits per heavy atom. The highest BCUT2D eigenvalue weighted by Crippen LogP contribution is 2.42. The molecular weight excluding hydrogens is 272 g/mol. The van der Waals surface area contributed by atoms with Gasteiger partial charge in [-0.25, -0.2) is 0 Å². The number of allylic oxidation sites excluding steroid dienone is 8. The van der Waals surface area contributed by atoms with E-state index in [1.807, 2.05) is 31.2 Å². The van der Waals surface area contributed by atoms with Gasteiger partial charge in [-0.1, -0.05) is 42.5 Å². The average Bonchev–Trinajstić information content (AvgIpc) is 2.92. The van der Waals surface area contributed by atoms with Gasteiger partial charge >= 0.3 is 0 Å². The van der Waals surface area contributed by atoms with Gasteiger partial charge in [0.1, 0.15) is 11.9 Å². The number of fused-ring (bicyclic) bond motifs is 2. The SMILES string of the molecule is CC1(C(=O)C2=CC3C4=C(C=CCC4)OC3C=C2)C=CC=CC1. The number of hydrogen-bond donors (Lipinski definition) is 0. The van der Waals surface area contributed by atoms with Crippen molar-refractivity contribution in [3.63, 3.8) is 0 Å². The number of ether oxygens (including phenoxy) is 1. The van der Waals surface area contributed by atoms with Gasteiger partial charge in [0.05, 0.1) is 5.41 Å². The van der Waals surface area contributed by atoms with Crippen molar-refractivity contribution in [3.05, 3.63) is 71.6 Å². The Balaban J connectivity index is 1.64. The summed E-state index contributed by atoms with van der Waals surface area (Å²) in [6, 6.07) is 0. The van der Waals surface area contributed by atoms with Gasteiger partial charge in [-0.15, -0.1) is 0 Å². The Bertz CT molecular complexity index is 699. The number of Topliss-reactive ketones (excluding diaryl/α,β-unsaturated/α-hetero) is 1. The van der Waals surface area contributed by atoms with E-state index < -0.39 is 5.41 Å². The van der Waals surface area contributed by atoms with Crippen LogP contribution in [-0.4, -0.2) is 11.9 Å². The number of ketones is 1. The van der Waals surface area contributed by atoms with Crippen molar-refractivity contribution in [2.45, 2.75) is 32.3 Å². The van der Waals surface area contributed by atoms with E-state index in [9.17, 15) is 4.79 Å². The minimum atomic E-state index is -0.416. The Morgan fingerprint density at radius 3 is 3.00 bits per heavy atom. The maximum Gasteiger partial charge on any atom is 0.172 e. The molecule has 0 amide bonds. The van der Waals surface area contributed by atoms with Crippen LogP contribution in [0.4, 0.5) is 0 Å². The van der Waals surface area contributed by atoms with Crippen LogP contribution in [0.1, 0.15) is 26.2 Å². The molecule has 3 aliphatic carbocycles. The molecule has 0 aromatic heterocycles. The van der Waals surface area contributed by atoms with E-state index in [0.29, 0.717) is 0 Å². The summed E-state index contributed by atoms with van der Waals surface area (Å²) in [5, 5.41) is 0. The lowest BCUT2D eigenvalue weighted by Crippen LogP contribution is -2.29. The van der Waals surface area contributed by atoms with Gasteiger partial charge in [-0.2, -0.15) is 0 Å². The van der Waals surface area contributed by atoms with E-state index in [1.54, 1.807) is 0 Å². The summed E-state index contributed by atoms with van der Waals surface area (Å²) in [7, 11) is 0. The van der Waals surface area contributed by atoms with Gasteiger partial charge < -0.3 is 4.74 Å². The number of rotatable bonds is 2. The topological polar surface area (TPSA) is 26.3 Å². The van der Waals surface area contributed by atoms with Crippen molar-refractivity contribution in [2.24, 2.45) is 11.3 Å². The van der Waals surface area contributed by atoms with Crippen molar-refractivity contribution >= 4 is 5.78 Å². The van der Waals surface area contributed by atoms with Gasteiger partial charge in [0.2, 0.25) is 0 Å². The fourth-order valence-corrected chi connectivity index (χ4v) is 3.70. The molecule has 0 spiro atoms. The van der Waals surface area contributed by atoms with E-state index in [1.165, 1.54) is 5.57 Å². The molecule has 0 bridgehead atoms. The Labute approximate surface area is 131 Å². The highest BCUT2D eigenvalue weighted by atomic mass is 16.5. The van der Waals surface area contributed by atoms with Crippen LogP contribution >= 0.6 is 0 Å². The third kappa shape index (κ3) is 2.06. The van der Waals surface area contributed by atoms with Gasteiger partial charge in [0.15, 0.2) is 5.78 Å². The summed E-state index contributed by atoms with van der Waals surface area (Å²) in [5.74, 6) is 1.46. The van der Waals surface area contributed by atoms with Gasteiger partial charge in [-0.3, -0.25) is 4.79 Å². The quantitative estimate of drug-likeness (QED) is 0.762. The molecule has 0 saturated carbocycles. The summed E-state index contributed by atoms with van der Waals surface area (Å²) in [6.07, 6.45) is 21.4. The molecule has 0 fully saturated rings. The minimum Gasteiger partial charge on any atom is -0.485 e. The standard InChI is InChI=1S/C20H20O2/c1-20(11-5-2-6-12-20)19(21)14-9-10-18-16(13-14)15-7-3-4-8-17(15)22-18/h2,4-6,8-11,13,16,18H,3,7,12H2,1H3. The van der Waals surface area contributed by atoms with Crippen LogP contribution in [-0.2, 0) is 9.53 Å². The second-order valence-electron chi connectivity index (χ2n) is 6.66. The summed E-state index contributed by atoms with van der Waals surface area (Å²) in [6.45, 7) is 2.02. The predicted molar refractivity (Wildman–Crippen MR) is 87.0 cm³/mol. The Hall–Kier alpha value is -2.09. The maximum atomic E-state index is 12.9. The zero-order chi connectivity index (χ0) is 15.2. The fraction of sp³-hybridized carbons (Fsp3) is 0.350. The molecule has 1 aliphatic heterocycles. The zero-order valence-corrected chi connectivity index (χ0v) is 12.8. The fourth-order valence-electron chi connectivity index (χ4n) is 3.70. The van der Waals surface area contributed by atoms with Crippen LogP contribution in [0.3, 0.4) is 0 Å². The summed E-state index contributed by atoms with van der Waals surface area (Å²) in [4.78, 5) is 12.9. The first-order chi connectivity index (χ1) is 10.7. The molecule has 4 rings (SSSR count). The Morgan fingerprint density at radius 2 is 2.18 bits per heavy atom. The van der Waals surface area contributed by atoms with Crippen LogP contribution < -0.4 is 0 Å². The van der Waals surface area contributed by atoms with Gasteiger partial charge in [-0.05, 0) is 43.9 Å². The first kappa shape index (κ1) is 13.6. The zero-order valence-electron chi connectivity index (χ0n) is 12.8. The maximum absolute atomic E-state index is 12.9. The van der Waals surface area contributed by atoms with E-state index in [0.717, 1.165) is 30.6 Å². The molecule has 3 atom stereocenters. The normalized spacial score (nSPS) is 35.0. The van der Waals surface area contributed by atoms with Crippen molar-refractivity contribution in [1.29, 1.82) is 0 Å². The van der Waals surface area contributed by atoms with E-state index in [2.05, 4.69) is 30.4 Å². The highest BCUT2D eigenvalue weighted by Gasteiger charge is 2.38. The summed E-state index contributed by atoms with van der Waals surface area (Å²) in [5.41, 5.74) is 1.77. The van der Waals surface area contributed by atoms with E-state index in [4.69, 9.17) is 4.74 Å². The number of carbonyl (C=O) groups excluding carboxylic acids is 1. The molecule has 2 nitrogen and oxygen atoms in total. The monoisotopic (exact) mass is 292 g/mol. The molecule has 3 unspecified atom stereocenters. The first-order valence-corrected chi connectivity index (χ1v) is 8.03. The molecule has 4 aliphatic rings. The molecule has 0 radical (unpaired) electrons. The van der Waals surface area contributed by atoms with Crippen LogP contribution in [0.25, 0.3) is 0 Å². The van der Waals surface area contributed by atoms with Crippen molar-refractivity contribution in [2.75, 3.05) is 0 Å². The van der Waals surface area contributed by atoms with E-state index >= 15 is 0 Å². The molecule has 112 valence electrons. The summed E-state index contributed by atoms with van der Waals surface area (Å²) >= 11 is 0. The molecule has 0 saturated heterocycles. The molecule has 1 heterocycles. The Kier molecular flexibility index (Phi) is 3.07. The first-order valence-electron chi connectivity index (χ1n) is 8.03. The molecule has 0 N–H and O–H groups in total. The van der Waals surface area contributed by atoms with Crippen LogP contribution in [0, 0.1) is 11.3 Å². The van der Waals surface area contributed by atoms with Crippen molar-refractivity contribution in [1.82, 2.24) is 0 Å². The smallest absolute Gasteiger partial charge is 0.172 e. The molecule has 22 heavy (non-hydrogen) atoms. The lowest BCUT2D eigenvalue weighted by Gasteiger charge is -2.28. The number of carbonyl (C=O) groups is 1. The van der Waals surface area contributed by atoms with Crippen molar-refractivity contribution < 1.29 is 9.53 Å².